The number of aryl methyl sites for hydroxylation is 1. The SMILES string of the molecule is Cc1ccc(N2CCCN(Cc3ccc(F)cc3F)C2=O)c(NC(=O)c2ccc(C(F)(F)F)cc2)c1. The van der Waals surface area contributed by atoms with Crippen LogP contribution in [-0.4, -0.2) is 29.9 Å². The Kier molecular flexibility index (Phi) is 6.96. The van der Waals surface area contributed by atoms with Crippen molar-refractivity contribution in [2.75, 3.05) is 23.3 Å². The Morgan fingerprint density at radius 2 is 1.69 bits per heavy atom. The summed E-state index contributed by atoms with van der Waals surface area (Å²) in [6.45, 7) is 2.44. The third kappa shape index (κ3) is 5.48. The zero-order valence-corrected chi connectivity index (χ0v) is 19.2. The molecule has 36 heavy (non-hydrogen) atoms. The molecule has 0 saturated carbocycles. The van der Waals surface area contributed by atoms with Gasteiger partial charge in [0, 0.05) is 30.3 Å². The molecule has 188 valence electrons. The molecule has 1 aliphatic rings. The maximum absolute atomic E-state index is 14.2. The van der Waals surface area contributed by atoms with E-state index in [4.69, 9.17) is 0 Å². The minimum atomic E-state index is -4.52. The van der Waals surface area contributed by atoms with Gasteiger partial charge in [0.25, 0.3) is 5.91 Å². The predicted molar refractivity (Wildman–Crippen MR) is 125 cm³/mol. The van der Waals surface area contributed by atoms with Gasteiger partial charge in [-0.1, -0.05) is 12.1 Å². The van der Waals surface area contributed by atoms with Gasteiger partial charge in [-0.05, 0) is 61.4 Å². The molecular formula is C26H22F5N3O2. The first-order valence-electron chi connectivity index (χ1n) is 11.1. The van der Waals surface area contributed by atoms with Gasteiger partial charge in [-0.15, -0.1) is 0 Å². The van der Waals surface area contributed by atoms with Crippen molar-refractivity contribution < 1.29 is 31.5 Å². The van der Waals surface area contributed by atoms with E-state index in [1.54, 1.807) is 25.1 Å². The first-order valence-corrected chi connectivity index (χ1v) is 11.1. The summed E-state index contributed by atoms with van der Waals surface area (Å²) in [5.74, 6) is -2.10. The van der Waals surface area contributed by atoms with Crippen molar-refractivity contribution in [1.82, 2.24) is 4.90 Å². The monoisotopic (exact) mass is 503 g/mol. The summed E-state index contributed by atoms with van der Waals surface area (Å²) in [6.07, 6.45) is -3.95. The van der Waals surface area contributed by atoms with Gasteiger partial charge in [0.2, 0.25) is 0 Å². The summed E-state index contributed by atoms with van der Waals surface area (Å²) in [4.78, 5) is 28.9. The number of carbonyl (C=O) groups is 2. The van der Waals surface area contributed by atoms with Gasteiger partial charge < -0.3 is 10.2 Å². The normalized spacial score (nSPS) is 14.2. The summed E-state index contributed by atoms with van der Waals surface area (Å²) < 4.78 is 65.9. The van der Waals surface area contributed by atoms with E-state index in [9.17, 15) is 31.5 Å². The van der Waals surface area contributed by atoms with E-state index < -0.39 is 35.3 Å². The molecule has 1 N–H and O–H groups in total. The lowest BCUT2D eigenvalue weighted by Gasteiger charge is -2.36. The molecule has 4 rings (SSSR count). The molecular weight excluding hydrogens is 481 g/mol. The molecule has 0 aromatic heterocycles. The minimum absolute atomic E-state index is 0.0221. The van der Waals surface area contributed by atoms with Crippen molar-refractivity contribution in [3.05, 3.63) is 94.6 Å². The molecule has 0 aliphatic carbocycles. The average molecular weight is 503 g/mol. The second-order valence-corrected chi connectivity index (χ2v) is 8.49. The van der Waals surface area contributed by atoms with Crippen LogP contribution in [0.25, 0.3) is 0 Å². The Hall–Kier alpha value is -3.95. The number of nitrogens with zero attached hydrogens (tertiary/aromatic N) is 2. The quantitative estimate of drug-likeness (QED) is 0.411. The molecule has 3 aromatic carbocycles. The first-order chi connectivity index (χ1) is 17.0. The molecule has 3 amide bonds. The Bertz CT molecular complexity index is 1290. The van der Waals surface area contributed by atoms with Crippen LogP contribution in [0.2, 0.25) is 0 Å². The van der Waals surface area contributed by atoms with E-state index in [1.165, 1.54) is 15.9 Å². The number of hydrogen-bond donors (Lipinski definition) is 1. The fourth-order valence-corrected chi connectivity index (χ4v) is 4.00. The highest BCUT2D eigenvalue weighted by atomic mass is 19.4. The number of anilines is 2. The molecule has 0 bridgehead atoms. The molecule has 0 radical (unpaired) electrons. The third-order valence-electron chi connectivity index (χ3n) is 5.85. The van der Waals surface area contributed by atoms with Gasteiger partial charge in [-0.25, -0.2) is 13.6 Å². The zero-order chi connectivity index (χ0) is 26.0. The largest absolute Gasteiger partial charge is 0.416 e. The smallest absolute Gasteiger partial charge is 0.320 e. The maximum Gasteiger partial charge on any atom is 0.416 e. The summed E-state index contributed by atoms with van der Waals surface area (Å²) in [7, 11) is 0. The molecule has 10 heteroatoms. The first kappa shape index (κ1) is 25.2. The highest BCUT2D eigenvalue weighted by Crippen LogP contribution is 2.32. The Labute approximate surface area is 204 Å². The minimum Gasteiger partial charge on any atom is -0.320 e. The molecule has 1 saturated heterocycles. The number of benzene rings is 3. The van der Waals surface area contributed by atoms with E-state index >= 15 is 0 Å². The number of alkyl halides is 3. The number of rotatable bonds is 5. The molecule has 1 fully saturated rings. The van der Waals surface area contributed by atoms with Crippen LogP contribution in [0.5, 0.6) is 0 Å². The average Bonchev–Trinajstić information content (AvgIpc) is 2.82. The van der Waals surface area contributed by atoms with Gasteiger partial charge in [-0.3, -0.25) is 9.69 Å². The molecule has 0 unspecified atom stereocenters. The molecule has 1 aliphatic heterocycles. The predicted octanol–water partition coefficient (Wildman–Crippen LogP) is 6.38. The molecule has 0 spiro atoms. The van der Waals surface area contributed by atoms with Crippen LogP contribution in [0.1, 0.15) is 33.5 Å². The number of amides is 3. The number of hydrogen-bond acceptors (Lipinski definition) is 2. The highest BCUT2D eigenvalue weighted by Gasteiger charge is 2.31. The number of halogens is 5. The lowest BCUT2D eigenvalue weighted by Crippen LogP contribution is -2.49. The lowest BCUT2D eigenvalue weighted by molar-refractivity contribution is -0.137. The molecule has 5 nitrogen and oxygen atoms in total. The van der Waals surface area contributed by atoms with Crippen molar-refractivity contribution >= 4 is 23.3 Å². The van der Waals surface area contributed by atoms with Crippen molar-refractivity contribution in [1.29, 1.82) is 0 Å². The van der Waals surface area contributed by atoms with Crippen LogP contribution in [0.4, 0.5) is 38.1 Å². The number of nitrogens with one attached hydrogen (secondary N) is 1. The highest BCUT2D eigenvalue weighted by molar-refractivity contribution is 6.07. The van der Waals surface area contributed by atoms with Crippen molar-refractivity contribution in [2.45, 2.75) is 26.1 Å². The Morgan fingerprint density at radius 3 is 2.36 bits per heavy atom. The number of carbonyl (C=O) groups excluding carboxylic acids is 2. The van der Waals surface area contributed by atoms with Crippen LogP contribution in [-0.2, 0) is 12.7 Å². The van der Waals surface area contributed by atoms with Gasteiger partial charge in [0.05, 0.1) is 23.5 Å². The summed E-state index contributed by atoms with van der Waals surface area (Å²) in [5, 5.41) is 2.69. The molecule has 1 heterocycles. The van der Waals surface area contributed by atoms with Gasteiger partial charge in [0.15, 0.2) is 0 Å². The van der Waals surface area contributed by atoms with Crippen LogP contribution < -0.4 is 10.2 Å². The van der Waals surface area contributed by atoms with E-state index in [2.05, 4.69) is 5.32 Å². The summed E-state index contributed by atoms with van der Waals surface area (Å²) in [6, 6.07) is 11.7. The van der Waals surface area contributed by atoms with Gasteiger partial charge in [-0.2, -0.15) is 13.2 Å². The van der Waals surface area contributed by atoms with Crippen LogP contribution in [0.15, 0.2) is 60.7 Å². The van der Waals surface area contributed by atoms with Crippen molar-refractivity contribution in [2.24, 2.45) is 0 Å². The fourth-order valence-electron chi connectivity index (χ4n) is 4.00. The third-order valence-corrected chi connectivity index (χ3v) is 5.85. The summed E-state index contributed by atoms with van der Waals surface area (Å²) in [5.41, 5.74) is 0.821. The Balaban J connectivity index is 1.56. The second kappa shape index (κ2) is 9.96. The molecule has 3 aromatic rings. The standard InChI is InChI=1S/C26H22F5N3O2/c1-16-3-10-23(22(13-16)32-24(35)17-4-7-19(8-5-17)26(29,30)31)34-12-2-11-33(25(34)36)15-18-6-9-20(27)14-21(18)28/h3-10,13-14H,2,11-12,15H2,1H3,(H,32,35). The second-order valence-electron chi connectivity index (χ2n) is 8.49. The van der Waals surface area contributed by atoms with Crippen LogP contribution in [0.3, 0.4) is 0 Å². The summed E-state index contributed by atoms with van der Waals surface area (Å²) >= 11 is 0. The Morgan fingerprint density at radius 1 is 0.972 bits per heavy atom. The maximum atomic E-state index is 14.2. The lowest BCUT2D eigenvalue weighted by atomic mass is 10.1. The van der Waals surface area contributed by atoms with Crippen LogP contribution in [0, 0.1) is 18.6 Å². The van der Waals surface area contributed by atoms with Crippen molar-refractivity contribution in [3.8, 4) is 0 Å². The zero-order valence-electron chi connectivity index (χ0n) is 19.2. The van der Waals surface area contributed by atoms with E-state index in [1.807, 2.05) is 0 Å². The van der Waals surface area contributed by atoms with E-state index in [-0.39, 0.29) is 17.7 Å². The van der Waals surface area contributed by atoms with Crippen LogP contribution >= 0.6 is 0 Å². The topological polar surface area (TPSA) is 52.6 Å². The number of urea groups is 1. The fraction of sp³-hybridized carbons (Fsp3) is 0.231. The van der Waals surface area contributed by atoms with Gasteiger partial charge >= 0.3 is 12.2 Å². The van der Waals surface area contributed by atoms with Crippen molar-refractivity contribution in [3.63, 3.8) is 0 Å². The van der Waals surface area contributed by atoms with E-state index in [0.717, 1.165) is 42.0 Å². The van der Waals surface area contributed by atoms with Gasteiger partial charge in [0.1, 0.15) is 11.6 Å². The van der Waals surface area contributed by atoms with E-state index in [0.29, 0.717) is 30.9 Å². The molecule has 0 atom stereocenters.